The first kappa shape index (κ1) is 18.0. The fourth-order valence-corrected chi connectivity index (χ4v) is 4.84. The van der Waals surface area contributed by atoms with Crippen LogP contribution in [0.3, 0.4) is 0 Å². The minimum Gasteiger partial charge on any atom is -0.378 e. The summed E-state index contributed by atoms with van der Waals surface area (Å²) in [4.78, 5) is 18.1. The Morgan fingerprint density at radius 1 is 1.11 bits per heavy atom. The third-order valence-electron chi connectivity index (χ3n) is 5.14. The van der Waals surface area contributed by atoms with E-state index in [2.05, 4.69) is 35.2 Å². The number of thiophene rings is 1. The van der Waals surface area contributed by atoms with Crippen LogP contribution in [0.2, 0.25) is 0 Å². The molecule has 0 atom stereocenters. The largest absolute Gasteiger partial charge is 0.378 e. The number of para-hydroxylation sites is 1. The van der Waals surface area contributed by atoms with Gasteiger partial charge in [-0.05, 0) is 35.6 Å². The van der Waals surface area contributed by atoms with Gasteiger partial charge in [-0.15, -0.1) is 11.3 Å². The summed E-state index contributed by atoms with van der Waals surface area (Å²) >= 11 is 1.59. The van der Waals surface area contributed by atoms with Gasteiger partial charge in [-0.2, -0.15) is 0 Å². The number of carbonyl (C=O) groups excluding carboxylic acids is 1. The van der Waals surface area contributed by atoms with Crippen LogP contribution in [-0.4, -0.2) is 44.2 Å². The van der Waals surface area contributed by atoms with Crippen molar-refractivity contribution in [1.82, 2.24) is 4.90 Å². The highest BCUT2D eigenvalue weighted by Gasteiger charge is 2.21. The average Bonchev–Trinajstić information content (AvgIpc) is 3.05. The van der Waals surface area contributed by atoms with Crippen LogP contribution < -0.4 is 4.90 Å². The molecule has 0 saturated carbocycles. The maximum Gasteiger partial charge on any atom is 0.264 e. The first-order valence-electron chi connectivity index (χ1n) is 9.29. The van der Waals surface area contributed by atoms with E-state index in [0.717, 1.165) is 36.7 Å². The first-order valence-corrected chi connectivity index (χ1v) is 10.1. The number of hydrogen-bond acceptors (Lipinski definition) is 4. The molecule has 2 heterocycles. The number of rotatable bonds is 4. The molecule has 0 spiro atoms. The summed E-state index contributed by atoms with van der Waals surface area (Å²) in [5.74, 6) is 0.0884. The lowest BCUT2D eigenvalue weighted by molar-refractivity contribution is 0.0789. The minimum absolute atomic E-state index is 0.0884. The zero-order valence-electron chi connectivity index (χ0n) is 15.8. The number of fused-ring (bicyclic) bond motifs is 1. The predicted molar refractivity (Wildman–Crippen MR) is 112 cm³/mol. The number of carbonyl (C=O) groups is 1. The van der Waals surface area contributed by atoms with Gasteiger partial charge in [0.2, 0.25) is 0 Å². The third-order valence-corrected chi connectivity index (χ3v) is 6.40. The first-order chi connectivity index (χ1) is 13.1. The highest BCUT2D eigenvalue weighted by Crippen LogP contribution is 2.32. The Bertz CT molecular complexity index is 960. The number of hydrogen-bond donors (Lipinski definition) is 0. The van der Waals surface area contributed by atoms with Crippen LogP contribution in [0.5, 0.6) is 0 Å². The maximum atomic E-state index is 13.1. The fraction of sp³-hybridized carbons (Fsp3) is 0.318. The van der Waals surface area contributed by atoms with Crippen LogP contribution in [0.4, 0.5) is 5.69 Å². The molecule has 4 rings (SSSR count). The topological polar surface area (TPSA) is 32.8 Å². The number of benzene rings is 2. The van der Waals surface area contributed by atoms with Crippen molar-refractivity contribution in [2.45, 2.75) is 13.5 Å². The molecule has 1 aliphatic rings. The number of ether oxygens (including phenoxy) is 1. The van der Waals surface area contributed by atoms with Crippen molar-refractivity contribution in [2.24, 2.45) is 0 Å². The summed E-state index contributed by atoms with van der Waals surface area (Å²) < 4.78 is 6.64. The van der Waals surface area contributed by atoms with Gasteiger partial charge in [-0.1, -0.05) is 36.4 Å². The molecule has 0 N–H and O–H groups in total. The lowest BCUT2D eigenvalue weighted by Gasteiger charge is -2.31. The number of morpholine rings is 1. The van der Waals surface area contributed by atoms with Crippen molar-refractivity contribution in [3.05, 3.63) is 64.5 Å². The molecule has 27 heavy (non-hydrogen) atoms. The molecule has 1 fully saturated rings. The van der Waals surface area contributed by atoms with Gasteiger partial charge in [-0.25, -0.2) is 0 Å². The molecule has 5 heteroatoms. The molecular formula is C22H24N2O2S. The minimum atomic E-state index is 0.0884. The molecular weight excluding hydrogens is 356 g/mol. The Hall–Kier alpha value is -2.37. The van der Waals surface area contributed by atoms with Crippen LogP contribution >= 0.6 is 11.3 Å². The summed E-state index contributed by atoms with van der Waals surface area (Å²) in [5, 5.41) is 1.17. The molecule has 3 aromatic rings. The van der Waals surface area contributed by atoms with E-state index in [1.807, 2.05) is 37.1 Å². The molecule has 1 amide bonds. The van der Waals surface area contributed by atoms with E-state index in [9.17, 15) is 4.79 Å². The SMILES string of the molecule is Cc1c(C(=O)N(C)Cc2ccccc2N2CCOCC2)sc2ccccc12. The molecule has 1 aromatic heterocycles. The Morgan fingerprint density at radius 2 is 1.81 bits per heavy atom. The summed E-state index contributed by atoms with van der Waals surface area (Å²) in [6, 6.07) is 16.6. The summed E-state index contributed by atoms with van der Waals surface area (Å²) in [6.07, 6.45) is 0. The third kappa shape index (κ3) is 3.57. The van der Waals surface area contributed by atoms with E-state index in [1.165, 1.54) is 21.3 Å². The lowest BCUT2D eigenvalue weighted by atomic mass is 10.1. The van der Waals surface area contributed by atoms with Gasteiger partial charge in [0, 0.05) is 37.1 Å². The van der Waals surface area contributed by atoms with E-state index in [-0.39, 0.29) is 5.91 Å². The molecule has 0 unspecified atom stereocenters. The van der Waals surface area contributed by atoms with Gasteiger partial charge in [-0.3, -0.25) is 4.79 Å². The van der Waals surface area contributed by atoms with E-state index < -0.39 is 0 Å². The standard InChI is InChI=1S/C22H24N2O2S/c1-16-18-8-4-6-10-20(18)27-21(16)22(25)23(2)15-17-7-3-5-9-19(17)24-11-13-26-14-12-24/h3-10H,11-15H2,1-2H3. The van der Waals surface area contributed by atoms with Crippen LogP contribution in [-0.2, 0) is 11.3 Å². The molecule has 4 nitrogen and oxygen atoms in total. The zero-order valence-corrected chi connectivity index (χ0v) is 16.6. The van der Waals surface area contributed by atoms with Crippen molar-refractivity contribution < 1.29 is 9.53 Å². The highest BCUT2D eigenvalue weighted by molar-refractivity contribution is 7.21. The van der Waals surface area contributed by atoms with Crippen LogP contribution in [0.1, 0.15) is 20.8 Å². The van der Waals surface area contributed by atoms with Gasteiger partial charge in [0.05, 0.1) is 18.1 Å². The molecule has 140 valence electrons. The van der Waals surface area contributed by atoms with Crippen LogP contribution in [0.15, 0.2) is 48.5 Å². The highest BCUT2D eigenvalue weighted by atomic mass is 32.1. The van der Waals surface area contributed by atoms with Gasteiger partial charge in [0.1, 0.15) is 0 Å². The van der Waals surface area contributed by atoms with E-state index in [0.29, 0.717) is 6.54 Å². The normalized spacial score (nSPS) is 14.5. The maximum absolute atomic E-state index is 13.1. The molecule has 0 bridgehead atoms. The van der Waals surface area contributed by atoms with E-state index in [4.69, 9.17) is 4.74 Å². The Balaban J connectivity index is 1.57. The van der Waals surface area contributed by atoms with Gasteiger partial charge in [0.25, 0.3) is 5.91 Å². The van der Waals surface area contributed by atoms with Gasteiger partial charge >= 0.3 is 0 Å². The number of amides is 1. The van der Waals surface area contributed by atoms with Gasteiger partial charge < -0.3 is 14.5 Å². The molecule has 0 radical (unpaired) electrons. The molecule has 0 aliphatic carbocycles. The van der Waals surface area contributed by atoms with Crippen LogP contribution in [0.25, 0.3) is 10.1 Å². The summed E-state index contributed by atoms with van der Waals surface area (Å²) in [5.41, 5.74) is 3.46. The monoisotopic (exact) mass is 380 g/mol. The fourth-order valence-electron chi connectivity index (χ4n) is 3.64. The molecule has 2 aromatic carbocycles. The lowest BCUT2D eigenvalue weighted by Crippen LogP contribution is -2.37. The molecule has 1 aliphatic heterocycles. The summed E-state index contributed by atoms with van der Waals surface area (Å²) in [7, 11) is 1.89. The van der Waals surface area contributed by atoms with Crippen molar-refractivity contribution in [2.75, 3.05) is 38.3 Å². The van der Waals surface area contributed by atoms with Crippen molar-refractivity contribution in [1.29, 1.82) is 0 Å². The number of aryl methyl sites for hydroxylation is 1. The second-order valence-corrected chi connectivity index (χ2v) is 7.99. The summed E-state index contributed by atoms with van der Waals surface area (Å²) in [6.45, 7) is 5.93. The average molecular weight is 381 g/mol. The van der Waals surface area contributed by atoms with Crippen molar-refractivity contribution in [3.63, 3.8) is 0 Å². The van der Waals surface area contributed by atoms with Crippen LogP contribution in [0, 0.1) is 6.92 Å². The predicted octanol–water partition coefficient (Wildman–Crippen LogP) is 4.32. The van der Waals surface area contributed by atoms with Crippen molar-refractivity contribution >= 4 is 33.0 Å². The number of anilines is 1. The Kier molecular flexibility index (Phi) is 5.14. The second-order valence-electron chi connectivity index (χ2n) is 6.94. The second kappa shape index (κ2) is 7.71. The van der Waals surface area contributed by atoms with E-state index >= 15 is 0 Å². The Labute approximate surface area is 164 Å². The number of nitrogens with zero attached hydrogens (tertiary/aromatic N) is 2. The quantitative estimate of drug-likeness (QED) is 0.676. The zero-order chi connectivity index (χ0) is 18.8. The molecule has 1 saturated heterocycles. The van der Waals surface area contributed by atoms with Gasteiger partial charge in [0.15, 0.2) is 0 Å². The van der Waals surface area contributed by atoms with Crippen molar-refractivity contribution in [3.8, 4) is 0 Å². The Morgan fingerprint density at radius 3 is 2.59 bits per heavy atom. The smallest absolute Gasteiger partial charge is 0.264 e. The van der Waals surface area contributed by atoms with E-state index in [1.54, 1.807) is 11.3 Å².